The molecule has 3 heteroatoms. The molecule has 1 N–H and O–H groups in total. The number of nitrogens with one attached hydrogen (secondary N) is 1. The minimum atomic E-state index is -0.524. The van der Waals surface area contributed by atoms with Gasteiger partial charge in [0.1, 0.15) is 6.67 Å². The third-order valence-corrected chi connectivity index (χ3v) is 2.03. The van der Waals surface area contributed by atoms with E-state index in [1.165, 1.54) is 6.08 Å². The van der Waals surface area contributed by atoms with Crippen molar-refractivity contribution in [2.45, 2.75) is 13.6 Å². The standard InChI is InChI=1S/C11H12FNO/c1-3-11(14)13-10-6-4-5-9(7-12)8(10)2/h3-6H,1,7H2,2H3,(H,13,14). The Kier molecular flexibility index (Phi) is 3.40. The van der Waals surface area contributed by atoms with Crippen LogP contribution in [0.3, 0.4) is 0 Å². The van der Waals surface area contributed by atoms with Crippen LogP contribution in [-0.4, -0.2) is 5.91 Å². The molecule has 0 aliphatic rings. The number of hydrogen-bond acceptors (Lipinski definition) is 1. The number of anilines is 1. The molecule has 0 radical (unpaired) electrons. The molecule has 1 rings (SSSR count). The number of halogens is 1. The highest BCUT2D eigenvalue weighted by Gasteiger charge is 2.04. The van der Waals surface area contributed by atoms with Crippen LogP contribution in [0.1, 0.15) is 11.1 Å². The summed E-state index contributed by atoms with van der Waals surface area (Å²) in [6.07, 6.45) is 1.18. The predicted molar refractivity (Wildman–Crippen MR) is 54.8 cm³/mol. The van der Waals surface area contributed by atoms with Crippen LogP contribution < -0.4 is 5.32 Å². The van der Waals surface area contributed by atoms with Crippen molar-refractivity contribution < 1.29 is 9.18 Å². The molecule has 0 aliphatic heterocycles. The SMILES string of the molecule is C=CC(=O)Nc1cccc(CF)c1C. The van der Waals surface area contributed by atoms with Crippen molar-refractivity contribution >= 4 is 11.6 Å². The Labute approximate surface area is 82.4 Å². The number of hydrogen-bond donors (Lipinski definition) is 1. The summed E-state index contributed by atoms with van der Waals surface area (Å²) in [7, 11) is 0. The highest BCUT2D eigenvalue weighted by molar-refractivity contribution is 5.99. The van der Waals surface area contributed by atoms with Gasteiger partial charge in [0.15, 0.2) is 0 Å². The van der Waals surface area contributed by atoms with Gasteiger partial charge in [-0.25, -0.2) is 4.39 Å². The topological polar surface area (TPSA) is 29.1 Å². The van der Waals surface area contributed by atoms with Crippen LogP contribution in [0, 0.1) is 6.92 Å². The molecule has 0 heterocycles. The maximum absolute atomic E-state index is 12.5. The van der Waals surface area contributed by atoms with Gasteiger partial charge in [0, 0.05) is 5.69 Å². The van der Waals surface area contributed by atoms with Crippen molar-refractivity contribution in [3.8, 4) is 0 Å². The van der Waals surface area contributed by atoms with Crippen LogP contribution >= 0.6 is 0 Å². The normalized spacial score (nSPS) is 9.57. The van der Waals surface area contributed by atoms with Gasteiger partial charge in [-0.05, 0) is 30.2 Å². The Morgan fingerprint density at radius 3 is 2.93 bits per heavy atom. The predicted octanol–water partition coefficient (Wildman–Crippen LogP) is 2.59. The Balaban J connectivity index is 2.97. The van der Waals surface area contributed by atoms with E-state index >= 15 is 0 Å². The molecule has 0 aromatic heterocycles. The molecule has 0 fully saturated rings. The highest BCUT2D eigenvalue weighted by atomic mass is 19.1. The Morgan fingerprint density at radius 1 is 1.64 bits per heavy atom. The van der Waals surface area contributed by atoms with Crippen LogP contribution in [0.15, 0.2) is 30.9 Å². The lowest BCUT2D eigenvalue weighted by Crippen LogP contribution is -2.09. The summed E-state index contributed by atoms with van der Waals surface area (Å²) in [6, 6.07) is 5.13. The van der Waals surface area contributed by atoms with Gasteiger partial charge < -0.3 is 5.32 Å². The maximum atomic E-state index is 12.5. The summed E-state index contributed by atoms with van der Waals surface area (Å²) in [6.45, 7) is 4.59. The molecule has 14 heavy (non-hydrogen) atoms. The van der Waals surface area contributed by atoms with Crippen LogP contribution in [0.4, 0.5) is 10.1 Å². The summed E-state index contributed by atoms with van der Waals surface area (Å²) in [5, 5.41) is 2.61. The smallest absolute Gasteiger partial charge is 0.247 e. The quantitative estimate of drug-likeness (QED) is 0.734. The van der Waals surface area contributed by atoms with Crippen molar-refractivity contribution in [3.05, 3.63) is 42.0 Å². The minimum Gasteiger partial charge on any atom is -0.322 e. The maximum Gasteiger partial charge on any atom is 0.247 e. The summed E-state index contributed by atoms with van der Waals surface area (Å²) in [5.74, 6) is -0.288. The van der Waals surface area contributed by atoms with Crippen molar-refractivity contribution in [1.29, 1.82) is 0 Å². The molecular weight excluding hydrogens is 181 g/mol. The zero-order valence-corrected chi connectivity index (χ0v) is 8.01. The molecule has 1 aromatic carbocycles. The van der Waals surface area contributed by atoms with Gasteiger partial charge in [0.25, 0.3) is 0 Å². The number of benzene rings is 1. The molecule has 1 aromatic rings. The van der Waals surface area contributed by atoms with Crippen LogP contribution in [0.5, 0.6) is 0 Å². The Morgan fingerprint density at radius 2 is 2.36 bits per heavy atom. The van der Waals surface area contributed by atoms with E-state index in [2.05, 4.69) is 11.9 Å². The lowest BCUT2D eigenvalue weighted by atomic mass is 10.1. The van der Waals surface area contributed by atoms with Gasteiger partial charge >= 0.3 is 0 Å². The molecule has 0 aliphatic carbocycles. The van der Waals surface area contributed by atoms with Crippen molar-refractivity contribution in [3.63, 3.8) is 0 Å². The van der Waals surface area contributed by atoms with Crippen LogP contribution in [-0.2, 0) is 11.5 Å². The van der Waals surface area contributed by atoms with Crippen molar-refractivity contribution in [2.24, 2.45) is 0 Å². The van der Waals surface area contributed by atoms with E-state index in [0.29, 0.717) is 11.3 Å². The molecule has 74 valence electrons. The van der Waals surface area contributed by atoms with E-state index in [9.17, 15) is 9.18 Å². The van der Waals surface area contributed by atoms with E-state index in [1.807, 2.05) is 0 Å². The molecule has 0 saturated heterocycles. The highest BCUT2D eigenvalue weighted by Crippen LogP contribution is 2.19. The Hall–Kier alpha value is -1.64. The Bertz CT molecular complexity index is 360. The van der Waals surface area contributed by atoms with E-state index < -0.39 is 6.67 Å². The average Bonchev–Trinajstić information content (AvgIpc) is 2.21. The fourth-order valence-electron chi connectivity index (χ4n) is 1.15. The second kappa shape index (κ2) is 4.56. The van der Waals surface area contributed by atoms with Crippen molar-refractivity contribution in [2.75, 3.05) is 5.32 Å². The molecule has 0 bridgehead atoms. The first-order valence-electron chi connectivity index (χ1n) is 4.27. The van der Waals surface area contributed by atoms with E-state index in [0.717, 1.165) is 5.56 Å². The van der Waals surface area contributed by atoms with Gasteiger partial charge in [0.2, 0.25) is 5.91 Å². The lowest BCUT2D eigenvalue weighted by molar-refractivity contribution is -0.111. The number of carbonyl (C=O) groups excluding carboxylic acids is 1. The number of alkyl halides is 1. The first-order chi connectivity index (χ1) is 6.69. The first kappa shape index (κ1) is 10.4. The number of carbonyl (C=O) groups is 1. The van der Waals surface area contributed by atoms with Crippen LogP contribution in [0.25, 0.3) is 0 Å². The molecule has 2 nitrogen and oxygen atoms in total. The van der Waals surface area contributed by atoms with E-state index in [4.69, 9.17) is 0 Å². The second-order valence-electron chi connectivity index (χ2n) is 2.92. The summed E-state index contributed by atoms with van der Waals surface area (Å²) >= 11 is 0. The summed E-state index contributed by atoms with van der Waals surface area (Å²) in [4.78, 5) is 11.0. The van der Waals surface area contributed by atoms with Crippen LogP contribution in [0.2, 0.25) is 0 Å². The molecular formula is C11H12FNO. The molecule has 0 unspecified atom stereocenters. The zero-order valence-electron chi connectivity index (χ0n) is 8.01. The van der Waals surface area contributed by atoms with Gasteiger partial charge in [-0.3, -0.25) is 4.79 Å². The molecule has 0 atom stereocenters. The van der Waals surface area contributed by atoms with Gasteiger partial charge in [-0.1, -0.05) is 18.7 Å². The third kappa shape index (κ3) is 2.19. The minimum absolute atomic E-state index is 0.288. The largest absolute Gasteiger partial charge is 0.322 e. The zero-order chi connectivity index (χ0) is 10.6. The van der Waals surface area contributed by atoms with E-state index in [-0.39, 0.29) is 5.91 Å². The van der Waals surface area contributed by atoms with E-state index in [1.54, 1.807) is 25.1 Å². The monoisotopic (exact) mass is 193 g/mol. The number of rotatable bonds is 3. The van der Waals surface area contributed by atoms with Gasteiger partial charge in [-0.2, -0.15) is 0 Å². The molecule has 0 spiro atoms. The average molecular weight is 193 g/mol. The first-order valence-corrected chi connectivity index (χ1v) is 4.27. The lowest BCUT2D eigenvalue weighted by Gasteiger charge is -2.08. The summed E-state index contributed by atoms with van der Waals surface area (Å²) < 4.78 is 12.5. The molecule has 1 amide bonds. The second-order valence-corrected chi connectivity index (χ2v) is 2.92. The molecule has 0 saturated carbocycles. The fraction of sp³-hybridized carbons (Fsp3) is 0.182. The number of amides is 1. The fourth-order valence-corrected chi connectivity index (χ4v) is 1.15. The van der Waals surface area contributed by atoms with Gasteiger partial charge in [-0.15, -0.1) is 0 Å². The van der Waals surface area contributed by atoms with Crippen molar-refractivity contribution in [1.82, 2.24) is 0 Å². The van der Waals surface area contributed by atoms with Gasteiger partial charge in [0.05, 0.1) is 0 Å². The summed E-state index contributed by atoms with van der Waals surface area (Å²) in [5.41, 5.74) is 1.97. The third-order valence-electron chi connectivity index (χ3n) is 2.03.